The lowest BCUT2D eigenvalue weighted by Gasteiger charge is -2.47. The van der Waals surface area contributed by atoms with E-state index in [4.69, 9.17) is 0 Å². The lowest BCUT2D eigenvalue weighted by Crippen LogP contribution is -2.66. The fourth-order valence-corrected chi connectivity index (χ4v) is 4.56. The van der Waals surface area contributed by atoms with Gasteiger partial charge in [-0.3, -0.25) is 19.6 Å². The molecule has 0 spiro atoms. The van der Waals surface area contributed by atoms with Gasteiger partial charge < -0.3 is 0 Å². The van der Waals surface area contributed by atoms with Gasteiger partial charge in [0.2, 0.25) is 0 Å². The van der Waals surface area contributed by atoms with Crippen molar-refractivity contribution in [1.82, 2.24) is 20.2 Å². The van der Waals surface area contributed by atoms with Crippen LogP contribution in [0.3, 0.4) is 0 Å². The summed E-state index contributed by atoms with van der Waals surface area (Å²) in [6.45, 7) is 9.34. The minimum Gasteiger partial charge on any atom is -0.296 e. The van der Waals surface area contributed by atoms with Crippen LogP contribution in [0.15, 0.2) is 24.3 Å². The van der Waals surface area contributed by atoms with Crippen molar-refractivity contribution in [2.24, 2.45) is 0 Å². The van der Waals surface area contributed by atoms with E-state index in [2.05, 4.69) is 69.3 Å². The number of carbonyl (C=O) groups excluding carboxylic acids is 1. The van der Waals surface area contributed by atoms with Crippen molar-refractivity contribution in [3.63, 3.8) is 0 Å². The summed E-state index contributed by atoms with van der Waals surface area (Å²) in [7, 11) is 1.79. The summed E-state index contributed by atoms with van der Waals surface area (Å²) in [6, 6.07) is 9.27. The molecule has 3 rings (SSSR count). The van der Waals surface area contributed by atoms with Gasteiger partial charge in [-0.1, -0.05) is 40.2 Å². The summed E-state index contributed by atoms with van der Waals surface area (Å²) in [5.41, 5.74) is 5.96. The minimum absolute atomic E-state index is 0.112. The number of alkyl halides is 1. The van der Waals surface area contributed by atoms with Crippen LogP contribution in [-0.4, -0.2) is 70.9 Å². The first-order valence-electron chi connectivity index (χ1n) is 8.65. The third-order valence-electron chi connectivity index (χ3n) is 5.29. The standard InChI is InChI=1S/C18H27BrN4O/c1-13-6-4-5-7-15(13)12-22-8-9-23(14(2)11-22)16-10-20-21(3)18(24)17(16)19/h4-7,14,16-17,20H,8-12H2,1-3H3/t14-,16?,17?/m0/s1. The zero-order valence-electron chi connectivity index (χ0n) is 14.7. The Hall–Kier alpha value is -0.950. The monoisotopic (exact) mass is 394 g/mol. The predicted molar refractivity (Wildman–Crippen MR) is 99.9 cm³/mol. The Morgan fingerprint density at radius 3 is 2.75 bits per heavy atom. The molecule has 1 N–H and O–H groups in total. The van der Waals surface area contributed by atoms with Gasteiger partial charge in [-0.05, 0) is 25.0 Å². The Bertz CT molecular complexity index is 596. The van der Waals surface area contributed by atoms with Crippen LogP contribution in [0.4, 0.5) is 0 Å². The third-order valence-corrected chi connectivity index (χ3v) is 6.29. The van der Waals surface area contributed by atoms with Crippen molar-refractivity contribution in [3.05, 3.63) is 35.4 Å². The SMILES string of the molecule is Cc1ccccc1CN1CCN(C2CNN(C)C(=O)C2Br)[C@@H](C)C1. The number of piperazine rings is 1. The van der Waals surface area contributed by atoms with E-state index in [9.17, 15) is 4.79 Å². The molecule has 2 aliphatic rings. The Morgan fingerprint density at radius 2 is 2.04 bits per heavy atom. The Kier molecular flexibility index (Phi) is 5.59. The van der Waals surface area contributed by atoms with Crippen LogP contribution in [0.5, 0.6) is 0 Å². The molecule has 1 amide bonds. The van der Waals surface area contributed by atoms with Gasteiger partial charge in [-0.2, -0.15) is 0 Å². The number of hydrazine groups is 1. The average molecular weight is 395 g/mol. The maximum absolute atomic E-state index is 12.2. The van der Waals surface area contributed by atoms with Crippen LogP contribution >= 0.6 is 15.9 Å². The molecule has 24 heavy (non-hydrogen) atoms. The number of rotatable bonds is 3. The quantitative estimate of drug-likeness (QED) is 0.790. The number of nitrogens with zero attached hydrogens (tertiary/aromatic N) is 3. The van der Waals surface area contributed by atoms with E-state index in [-0.39, 0.29) is 16.8 Å². The van der Waals surface area contributed by atoms with Crippen molar-refractivity contribution in [2.75, 3.05) is 33.2 Å². The predicted octanol–water partition coefficient (Wildman–Crippen LogP) is 1.61. The topological polar surface area (TPSA) is 38.8 Å². The number of hydrogen-bond acceptors (Lipinski definition) is 4. The van der Waals surface area contributed by atoms with Crippen LogP contribution in [-0.2, 0) is 11.3 Å². The summed E-state index contributed by atoms with van der Waals surface area (Å²) >= 11 is 3.62. The van der Waals surface area contributed by atoms with E-state index in [1.54, 1.807) is 12.1 Å². The molecule has 0 aliphatic carbocycles. The van der Waals surface area contributed by atoms with Crippen LogP contribution in [0.1, 0.15) is 18.1 Å². The maximum Gasteiger partial charge on any atom is 0.251 e. The van der Waals surface area contributed by atoms with E-state index in [0.29, 0.717) is 6.04 Å². The lowest BCUT2D eigenvalue weighted by molar-refractivity contribution is -0.137. The second-order valence-corrected chi connectivity index (χ2v) is 7.96. The number of halogens is 1. The summed E-state index contributed by atoms with van der Waals surface area (Å²) < 4.78 is 0. The molecule has 2 unspecified atom stereocenters. The molecule has 0 saturated carbocycles. The highest BCUT2D eigenvalue weighted by molar-refractivity contribution is 9.10. The van der Waals surface area contributed by atoms with Crippen LogP contribution < -0.4 is 5.43 Å². The van der Waals surface area contributed by atoms with Crippen LogP contribution in [0, 0.1) is 6.92 Å². The molecule has 2 fully saturated rings. The number of benzene rings is 1. The average Bonchev–Trinajstić information content (AvgIpc) is 2.56. The maximum atomic E-state index is 12.2. The van der Waals surface area contributed by atoms with Gasteiger partial charge >= 0.3 is 0 Å². The van der Waals surface area contributed by atoms with Crippen molar-refractivity contribution >= 4 is 21.8 Å². The molecule has 5 nitrogen and oxygen atoms in total. The van der Waals surface area contributed by atoms with Crippen molar-refractivity contribution in [2.45, 2.75) is 37.3 Å². The first-order chi connectivity index (χ1) is 11.5. The second kappa shape index (κ2) is 7.52. The highest BCUT2D eigenvalue weighted by Gasteiger charge is 2.39. The number of carbonyl (C=O) groups is 1. The smallest absolute Gasteiger partial charge is 0.251 e. The van der Waals surface area contributed by atoms with E-state index < -0.39 is 0 Å². The molecule has 0 aromatic heterocycles. The van der Waals surface area contributed by atoms with Gasteiger partial charge in [-0.25, -0.2) is 5.43 Å². The summed E-state index contributed by atoms with van der Waals surface area (Å²) in [6.07, 6.45) is 0. The van der Waals surface area contributed by atoms with Crippen LogP contribution in [0.2, 0.25) is 0 Å². The largest absolute Gasteiger partial charge is 0.296 e. The van der Waals surface area contributed by atoms with E-state index in [1.807, 2.05) is 0 Å². The van der Waals surface area contributed by atoms with E-state index in [0.717, 1.165) is 32.7 Å². The van der Waals surface area contributed by atoms with Gasteiger partial charge in [0.1, 0.15) is 4.83 Å². The third kappa shape index (κ3) is 3.67. The number of nitrogens with one attached hydrogen (secondary N) is 1. The highest BCUT2D eigenvalue weighted by atomic mass is 79.9. The molecule has 0 radical (unpaired) electrons. The molecule has 0 bridgehead atoms. The summed E-state index contributed by atoms with van der Waals surface area (Å²) in [5, 5.41) is 1.59. The van der Waals surface area contributed by atoms with E-state index >= 15 is 0 Å². The first kappa shape index (κ1) is 17.9. The van der Waals surface area contributed by atoms with Crippen molar-refractivity contribution < 1.29 is 4.79 Å². The fourth-order valence-electron chi connectivity index (χ4n) is 3.76. The van der Waals surface area contributed by atoms with Crippen molar-refractivity contribution in [3.8, 4) is 0 Å². The van der Waals surface area contributed by atoms with E-state index in [1.165, 1.54) is 11.1 Å². The number of aryl methyl sites for hydroxylation is 1. The molecule has 6 heteroatoms. The zero-order valence-corrected chi connectivity index (χ0v) is 16.3. The first-order valence-corrected chi connectivity index (χ1v) is 9.56. The van der Waals surface area contributed by atoms with Gasteiger partial charge in [0.25, 0.3) is 5.91 Å². The van der Waals surface area contributed by atoms with Crippen LogP contribution in [0.25, 0.3) is 0 Å². The number of amides is 1. The molecule has 132 valence electrons. The normalized spacial score (nSPS) is 29.9. The number of hydrogen-bond donors (Lipinski definition) is 1. The molecule has 2 heterocycles. The van der Waals surface area contributed by atoms with Gasteiger partial charge in [0, 0.05) is 51.9 Å². The van der Waals surface area contributed by atoms with Gasteiger partial charge in [-0.15, -0.1) is 0 Å². The Balaban J connectivity index is 1.61. The Labute approximate surface area is 153 Å². The second-order valence-electron chi connectivity index (χ2n) is 6.98. The van der Waals surface area contributed by atoms with Gasteiger partial charge in [0.05, 0.1) is 0 Å². The lowest BCUT2D eigenvalue weighted by atomic mass is 10.0. The summed E-state index contributed by atoms with van der Waals surface area (Å²) in [5.74, 6) is 0.112. The molecular formula is C18H27BrN4O. The fraction of sp³-hybridized carbons (Fsp3) is 0.611. The van der Waals surface area contributed by atoms with Crippen molar-refractivity contribution in [1.29, 1.82) is 0 Å². The molecule has 1 aromatic rings. The highest BCUT2D eigenvalue weighted by Crippen LogP contribution is 2.23. The summed E-state index contributed by atoms with van der Waals surface area (Å²) in [4.78, 5) is 17.1. The molecule has 1 aromatic carbocycles. The Morgan fingerprint density at radius 1 is 1.29 bits per heavy atom. The minimum atomic E-state index is -0.130. The van der Waals surface area contributed by atoms with Gasteiger partial charge in [0.15, 0.2) is 0 Å². The molecule has 2 aliphatic heterocycles. The molecule has 3 atom stereocenters. The molecular weight excluding hydrogens is 368 g/mol. The molecule has 2 saturated heterocycles. The zero-order chi connectivity index (χ0) is 17.3.